The van der Waals surface area contributed by atoms with Gasteiger partial charge in [0.05, 0.1) is 11.4 Å². The van der Waals surface area contributed by atoms with E-state index in [4.69, 9.17) is 5.11 Å². The molecule has 24 heavy (non-hydrogen) atoms. The van der Waals surface area contributed by atoms with Crippen molar-refractivity contribution in [1.82, 2.24) is 9.29 Å². The first-order valence-corrected chi connectivity index (χ1v) is 9.45. The number of rotatable bonds is 3. The molecule has 2 heterocycles. The van der Waals surface area contributed by atoms with Gasteiger partial charge >= 0.3 is 5.97 Å². The van der Waals surface area contributed by atoms with E-state index in [9.17, 15) is 13.2 Å². The highest BCUT2D eigenvalue weighted by molar-refractivity contribution is 7.89. The summed E-state index contributed by atoms with van der Waals surface area (Å²) in [6.45, 7) is 0.741. The minimum atomic E-state index is -3.63. The van der Waals surface area contributed by atoms with Crippen LogP contribution in [0.5, 0.6) is 0 Å². The Morgan fingerprint density at radius 3 is 2.58 bits per heavy atom. The fourth-order valence-electron chi connectivity index (χ4n) is 3.84. The molecule has 1 unspecified atom stereocenters. The van der Waals surface area contributed by atoms with Gasteiger partial charge in [0.25, 0.3) is 0 Å². The number of para-hydroxylation sites is 1. The van der Waals surface area contributed by atoms with E-state index in [-0.39, 0.29) is 16.2 Å². The Balaban J connectivity index is 1.61. The molecule has 1 atom stereocenters. The topological polar surface area (TPSA) is 87.6 Å². The SMILES string of the molecule is O=C(O)C1CC12CCN(S(=O)(=O)c1cccc3cccnc13)CC2. The maximum Gasteiger partial charge on any atom is 0.307 e. The van der Waals surface area contributed by atoms with Crippen molar-refractivity contribution in [1.29, 1.82) is 0 Å². The molecular formula is C17H18N2O4S. The van der Waals surface area contributed by atoms with Gasteiger partial charge in [-0.25, -0.2) is 8.42 Å². The molecule has 0 amide bonds. The molecule has 0 bridgehead atoms. The van der Waals surface area contributed by atoms with E-state index in [2.05, 4.69) is 4.98 Å². The van der Waals surface area contributed by atoms with E-state index in [1.807, 2.05) is 12.1 Å². The van der Waals surface area contributed by atoms with Crippen LogP contribution in [0.2, 0.25) is 0 Å². The molecule has 1 aromatic heterocycles. The molecule has 2 aromatic rings. The Hall–Kier alpha value is -1.99. The second-order valence-corrected chi connectivity index (χ2v) is 8.60. The highest BCUT2D eigenvalue weighted by Gasteiger charge is 2.59. The highest BCUT2D eigenvalue weighted by Crippen LogP contribution is 2.59. The van der Waals surface area contributed by atoms with Gasteiger partial charge in [-0.2, -0.15) is 4.31 Å². The van der Waals surface area contributed by atoms with Crippen molar-refractivity contribution in [3.05, 3.63) is 36.5 Å². The molecule has 4 rings (SSSR count). The lowest BCUT2D eigenvalue weighted by Gasteiger charge is -2.31. The lowest BCUT2D eigenvalue weighted by Crippen LogP contribution is -2.40. The van der Waals surface area contributed by atoms with Gasteiger partial charge in [0, 0.05) is 24.7 Å². The van der Waals surface area contributed by atoms with Gasteiger partial charge in [-0.1, -0.05) is 18.2 Å². The van der Waals surface area contributed by atoms with Crippen molar-refractivity contribution in [2.75, 3.05) is 13.1 Å². The fraction of sp³-hybridized carbons (Fsp3) is 0.412. The fourth-order valence-corrected chi connectivity index (χ4v) is 5.45. The highest BCUT2D eigenvalue weighted by atomic mass is 32.2. The third-order valence-corrected chi connectivity index (χ3v) is 7.35. The normalized spacial score (nSPS) is 23.4. The Kier molecular flexibility index (Phi) is 3.40. The summed E-state index contributed by atoms with van der Waals surface area (Å²) in [5.41, 5.74) is 0.296. The number of hydrogen-bond donors (Lipinski definition) is 1. The number of hydrogen-bond acceptors (Lipinski definition) is 4. The van der Waals surface area contributed by atoms with Crippen LogP contribution >= 0.6 is 0 Å². The van der Waals surface area contributed by atoms with E-state index >= 15 is 0 Å². The molecule has 126 valence electrons. The molecule has 1 aromatic carbocycles. The molecule has 1 N–H and O–H groups in total. The van der Waals surface area contributed by atoms with Crippen LogP contribution < -0.4 is 0 Å². The smallest absolute Gasteiger partial charge is 0.307 e. The first-order valence-electron chi connectivity index (χ1n) is 8.01. The molecule has 1 spiro atoms. The number of carbonyl (C=O) groups is 1. The zero-order chi connectivity index (χ0) is 16.9. The maximum atomic E-state index is 13.0. The molecule has 2 fully saturated rings. The summed E-state index contributed by atoms with van der Waals surface area (Å²) < 4.78 is 27.5. The summed E-state index contributed by atoms with van der Waals surface area (Å²) in [5.74, 6) is -1.06. The molecule has 0 radical (unpaired) electrons. The number of carboxylic acid groups (broad SMARTS) is 1. The molecule has 1 saturated heterocycles. The lowest BCUT2D eigenvalue weighted by atomic mass is 9.92. The summed E-state index contributed by atoms with van der Waals surface area (Å²) in [6.07, 6.45) is 3.49. The monoisotopic (exact) mass is 346 g/mol. The Morgan fingerprint density at radius 1 is 1.21 bits per heavy atom. The number of pyridine rings is 1. The van der Waals surface area contributed by atoms with E-state index in [1.165, 1.54) is 4.31 Å². The predicted molar refractivity (Wildman–Crippen MR) is 87.9 cm³/mol. The van der Waals surface area contributed by atoms with Crippen LogP contribution in [0, 0.1) is 11.3 Å². The summed E-state index contributed by atoms with van der Waals surface area (Å²) >= 11 is 0. The minimum Gasteiger partial charge on any atom is -0.481 e. The number of carboxylic acids is 1. The van der Waals surface area contributed by atoms with Crippen molar-refractivity contribution in [2.45, 2.75) is 24.2 Å². The largest absolute Gasteiger partial charge is 0.481 e. The van der Waals surface area contributed by atoms with Crippen LogP contribution in [0.15, 0.2) is 41.4 Å². The van der Waals surface area contributed by atoms with Crippen LogP contribution in [-0.2, 0) is 14.8 Å². The van der Waals surface area contributed by atoms with E-state index in [0.717, 1.165) is 5.39 Å². The zero-order valence-electron chi connectivity index (χ0n) is 13.1. The van der Waals surface area contributed by atoms with Gasteiger partial charge in [0.1, 0.15) is 4.90 Å². The predicted octanol–water partition coefficient (Wildman–Crippen LogP) is 2.11. The third-order valence-electron chi connectivity index (χ3n) is 5.42. The van der Waals surface area contributed by atoms with Gasteiger partial charge in [-0.05, 0) is 36.8 Å². The number of benzene rings is 1. The molecule has 1 aliphatic heterocycles. The average Bonchev–Trinajstić information content (AvgIpc) is 3.28. The molecule has 1 aliphatic carbocycles. The Morgan fingerprint density at radius 2 is 1.92 bits per heavy atom. The maximum absolute atomic E-state index is 13.0. The first-order chi connectivity index (χ1) is 11.4. The number of sulfonamides is 1. The number of fused-ring (bicyclic) bond motifs is 1. The van der Waals surface area contributed by atoms with Crippen LogP contribution in [0.25, 0.3) is 10.9 Å². The summed E-state index contributed by atoms with van der Waals surface area (Å²) in [6, 6.07) is 8.78. The molecule has 6 nitrogen and oxygen atoms in total. The number of aromatic nitrogens is 1. The molecule has 1 saturated carbocycles. The van der Waals surface area contributed by atoms with Crippen molar-refractivity contribution in [3.63, 3.8) is 0 Å². The van der Waals surface area contributed by atoms with Gasteiger partial charge in [-0.3, -0.25) is 9.78 Å². The average molecular weight is 346 g/mol. The minimum absolute atomic E-state index is 0.186. The lowest BCUT2D eigenvalue weighted by molar-refractivity contribution is -0.139. The number of aliphatic carboxylic acids is 1. The molecule has 7 heteroatoms. The zero-order valence-corrected chi connectivity index (χ0v) is 13.9. The Labute approximate surface area is 140 Å². The van der Waals surface area contributed by atoms with Crippen LogP contribution in [0.1, 0.15) is 19.3 Å². The van der Waals surface area contributed by atoms with E-state index < -0.39 is 16.0 Å². The van der Waals surface area contributed by atoms with Crippen LogP contribution in [0.3, 0.4) is 0 Å². The number of piperidine rings is 1. The quantitative estimate of drug-likeness (QED) is 0.920. The van der Waals surface area contributed by atoms with Crippen molar-refractivity contribution in [3.8, 4) is 0 Å². The third kappa shape index (κ3) is 2.31. The molecular weight excluding hydrogens is 328 g/mol. The molecule has 2 aliphatic rings. The summed E-state index contributed by atoms with van der Waals surface area (Å²) in [4.78, 5) is 15.6. The van der Waals surface area contributed by atoms with E-state index in [1.54, 1.807) is 24.4 Å². The summed E-state index contributed by atoms with van der Waals surface area (Å²) in [5, 5.41) is 9.94. The Bertz CT molecular complexity index is 912. The van der Waals surface area contributed by atoms with Crippen molar-refractivity contribution >= 4 is 26.9 Å². The van der Waals surface area contributed by atoms with Gasteiger partial charge < -0.3 is 5.11 Å². The summed E-state index contributed by atoms with van der Waals surface area (Å²) in [7, 11) is -3.63. The van der Waals surface area contributed by atoms with Gasteiger partial charge in [-0.15, -0.1) is 0 Å². The van der Waals surface area contributed by atoms with Crippen molar-refractivity contribution < 1.29 is 18.3 Å². The second-order valence-electron chi connectivity index (χ2n) is 6.69. The van der Waals surface area contributed by atoms with E-state index in [0.29, 0.717) is 37.9 Å². The van der Waals surface area contributed by atoms with Crippen molar-refractivity contribution in [2.24, 2.45) is 11.3 Å². The van der Waals surface area contributed by atoms with Gasteiger partial charge in [0.2, 0.25) is 10.0 Å². The standard InChI is InChI=1S/C17H18N2O4S/c20-16(21)13-11-17(13)6-9-19(10-7-17)24(22,23)14-5-1-3-12-4-2-8-18-15(12)14/h1-5,8,13H,6-7,9-11H2,(H,20,21). The van der Waals surface area contributed by atoms with Gasteiger partial charge in [0.15, 0.2) is 0 Å². The van der Waals surface area contributed by atoms with Crippen LogP contribution in [-0.4, -0.2) is 41.9 Å². The van der Waals surface area contributed by atoms with Crippen LogP contribution in [0.4, 0.5) is 0 Å². The second kappa shape index (κ2) is 5.26. The number of nitrogens with zero attached hydrogens (tertiary/aromatic N) is 2. The first kappa shape index (κ1) is 15.5.